The maximum atomic E-state index is 12.3. The van der Waals surface area contributed by atoms with Crippen molar-refractivity contribution in [3.05, 3.63) is 35.9 Å². The molecule has 4 nitrogen and oxygen atoms in total. The highest BCUT2D eigenvalue weighted by atomic mass is 16.5. The van der Waals surface area contributed by atoms with E-state index >= 15 is 0 Å². The number of hydrogen-bond donors (Lipinski definition) is 1. The Bertz CT molecular complexity index is 380. The van der Waals surface area contributed by atoms with E-state index in [9.17, 15) is 4.79 Å². The fourth-order valence-corrected chi connectivity index (χ4v) is 2.16. The number of nitrogens with two attached hydrogens (primary N) is 1. The van der Waals surface area contributed by atoms with E-state index in [1.54, 1.807) is 12.0 Å². The Morgan fingerprint density at radius 1 is 1.47 bits per heavy atom. The van der Waals surface area contributed by atoms with Crippen LogP contribution in [0.4, 0.5) is 0 Å². The first kappa shape index (κ1) is 12.1. The first-order valence-corrected chi connectivity index (χ1v) is 5.84. The molecular weight excluding hydrogens is 216 g/mol. The molecule has 1 fully saturated rings. The quantitative estimate of drug-likeness (QED) is 0.846. The summed E-state index contributed by atoms with van der Waals surface area (Å²) in [6, 6.07) is 9.65. The Morgan fingerprint density at radius 2 is 2.18 bits per heavy atom. The van der Waals surface area contributed by atoms with E-state index in [0.717, 1.165) is 18.5 Å². The van der Waals surface area contributed by atoms with Crippen LogP contribution in [0.1, 0.15) is 18.1 Å². The lowest BCUT2D eigenvalue weighted by atomic mass is 10.1. The van der Waals surface area contributed by atoms with Crippen LogP contribution in [0.2, 0.25) is 0 Å². The topological polar surface area (TPSA) is 55.6 Å². The van der Waals surface area contributed by atoms with Gasteiger partial charge >= 0.3 is 0 Å². The highest BCUT2D eigenvalue weighted by Gasteiger charge is 2.30. The van der Waals surface area contributed by atoms with E-state index in [2.05, 4.69) is 0 Å². The van der Waals surface area contributed by atoms with Crippen molar-refractivity contribution >= 4 is 5.91 Å². The van der Waals surface area contributed by atoms with Crippen molar-refractivity contribution in [2.24, 2.45) is 5.73 Å². The lowest BCUT2D eigenvalue weighted by Gasteiger charge is -2.22. The number of amides is 1. The van der Waals surface area contributed by atoms with Gasteiger partial charge in [-0.2, -0.15) is 0 Å². The Hall–Kier alpha value is -1.39. The minimum absolute atomic E-state index is 0.00616. The van der Waals surface area contributed by atoms with E-state index in [-0.39, 0.29) is 11.9 Å². The minimum atomic E-state index is -0.513. The molecule has 0 bridgehead atoms. The normalized spacial score (nSPS) is 21.5. The third-order valence-electron chi connectivity index (χ3n) is 3.10. The average molecular weight is 234 g/mol. The van der Waals surface area contributed by atoms with Gasteiger partial charge in [-0.15, -0.1) is 0 Å². The predicted octanol–water partition coefficient (Wildman–Crippen LogP) is 0.934. The number of ether oxygens (including phenoxy) is 1. The molecule has 2 N–H and O–H groups in total. The molecule has 1 aliphatic rings. The number of rotatable bonds is 3. The van der Waals surface area contributed by atoms with Crippen molar-refractivity contribution in [1.82, 2.24) is 4.90 Å². The zero-order valence-electron chi connectivity index (χ0n) is 10.0. The zero-order chi connectivity index (χ0) is 12.3. The van der Waals surface area contributed by atoms with Gasteiger partial charge in [0.2, 0.25) is 0 Å². The molecule has 0 unspecified atom stereocenters. The molecule has 1 amide bonds. The molecule has 1 aliphatic heterocycles. The second kappa shape index (κ2) is 5.29. The molecule has 0 radical (unpaired) electrons. The number of carbonyl (C=O) groups excluding carboxylic acids is 1. The molecule has 92 valence electrons. The maximum Gasteiger partial charge on any atom is 0.256 e. The van der Waals surface area contributed by atoms with Crippen molar-refractivity contribution in [2.45, 2.75) is 18.6 Å². The van der Waals surface area contributed by atoms with Gasteiger partial charge in [0, 0.05) is 26.2 Å². The molecule has 0 saturated carbocycles. The molecule has 4 heteroatoms. The van der Waals surface area contributed by atoms with Gasteiger partial charge in [0.25, 0.3) is 5.91 Å². The third-order valence-corrected chi connectivity index (χ3v) is 3.10. The lowest BCUT2D eigenvalue weighted by molar-refractivity contribution is -0.141. The summed E-state index contributed by atoms with van der Waals surface area (Å²) in [6.07, 6.45) is 0.359. The van der Waals surface area contributed by atoms with Gasteiger partial charge in [-0.1, -0.05) is 30.3 Å². The summed E-state index contributed by atoms with van der Waals surface area (Å²) in [5.41, 5.74) is 6.70. The standard InChI is InChI=1S/C13H18N2O2/c1-17-12(10-5-3-2-4-6-10)13(16)15-8-7-11(14)9-15/h2-6,11-12H,7-9,14H2,1H3/t11-,12-/m0/s1. The number of carbonyl (C=O) groups is 1. The van der Waals surface area contributed by atoms with Crippen LogP contribution in [0.15, 0.2) is 30.3 Å². The molecule has 1 aromatic carbocycles. The smallest absolute Gasteiger partial charge is 0.256 e. The van der Waals surface area contributed by atoms with E-state index in [4.69, 9.17) is 10.5 Å². The summed E-state index contributed by atoms with van der Waals surface area (Å²) in [4.78, 5) is 14.1. The summed E-state index contributed by atoms with van der Waals surface area (Å²) in [7, 11) is 1.56. The number of hydrogen-bond acceptors (Lipinski definition) is 3. The van der Waals surface area contributed by atoms with Gasteiger partial charge < -0.3 is 15.4 Å². The predicted molar refractivity (Wildman–Crippen MR) is 65.4 cm³/mol. The highest BCUT2D eigenvalue weighted by molar-refractivity contribution is 5.82. The van der Waals surface area contributed by atoms with Gasteiger partial charge in [0.15, 0.2) is 6.10 Å². The first-order chi connectivity index (χ1) is 8.22. The van der Waals surface area contributed by atoms with E-state index < -0.39 is 6.10 Å². The molecule has 2 atom stereocenters. The molecule has 0 spiro atoms. The maximum absolute atomic E-state index is 12.3. The summed E-state index contributed by atoms with van der Waals surface area (Å²) in [6.45, 7) is 1.36. The summed E-state index contributed by atoms with van der Waals surface area (Å²) >= 11 is 0. The minimum Gasteiger partial charge on any atom is -0.367 e. The van der Waals surface area contributed by atoms with Gasteiger partial charge in [0.05, 0.1) is 0 Å². The van der Waals surface area contributed by atoms with Crippen LogP contribution >= 0.6 is 0 Å². The summed E-state index contributed by atoms with van der Waals surface area (Å²) in [5.74, 6) is 0.00616. The number of nitrogens with zero attached hydrogens (tertiary/aromatic N) is 1. The van der Waals surface area contributed by atoms with Gasteiger partial charge in [-0.25, -0.2) is 0 Å². The Kier molecular flexibility index (Phi) is 3.76. The van der Waals surface area contributed by atoms with Crippen molar-refractivity contribution in [2.75, 3.05) is 20.2 Å². The van der Waals surface area contributed by atoms with Crippen molar-refractivity contribution in [3.63, 3.8) is 0 Å². The van der Waals surface area contributed by atoms with E-state index in [1.165, 1.54) is 0 Å². The van der Waals surface area contributed by atoms with Crippen LogP contribution in [-0.4, -0.2) is 37.0 Å². The number of benzene rings is 1. The van der Waals surface area contributed by atoms with Crippen LogP contribution in [0, 0.1) is 0 Å². The Balaban J connectivity index is 2.11. The monoisotopic (exact) mass is 234 g/mol. The van der Waals surface area contributed by atoms with Crippen LogP contribution in [0.5, 0.6) is 0 Å². The molecule has 17 heavy (non-hydrogen) atoms. The number of likely N-dealkylation sites (tertiary alicyclic amines) is 1. The molecular formula is C13H18N2O2. The fourth-order valence-electron chi connectivity index (χ4n) is 2.16. The Labute approximate surface area is 101 Å². The van der Waals surface area contributed by atoms with Crippen LogP contribution < -0.4 is 5.73 Å². The van der Waals surface area contributed by atoms with E-state index in [1.807, 2.05) is 30.3 Å². The largest absolute Gasteiger partial charge is 0.367 e. The number of methoxy groups -OCH3 is 1. The molecule has 1 saturated heterocycles. The second-order valence-electron chi connectivity index (χ2n) is 4.36. The molecule has 0 aliphatic carbocycles. The van der Waals surface area contributed by atoms with Crippen LogP contribution in [0.25, 0.3) is 0 Å². The first-order valence-electron chi connectivity index (χ1n) is 5.84. The van der Waals surface area contributed by atoms with Crippen molar-refractivity contribution in [3.8, 4) is 0 Å². The van der Waals surface area contributed by atoms with Gasteiger partial charge in [0.1, 0.15) is 0 Å². The molecule has 0 aromatic heterocycles. The average Bonchev–Trinajstić information content (AvgIpc) is 2.78. The van der Waals surface area contributed by atoms with Gasteiger partial charge in [-0.3, -0.25) is 4.79 Å². The molecule has 2 rings (SSSR count). The fraction of sp³-hybridized carbons (Fsp3) is 0.462. The van der Waals surface area contributed by atoms with E-state index in [0.29, 0.717) is 6.54 Å². The highest BCUT2D eigenvalue weighted by Crippen LogP contribution is 2.21. The molecule has 1 aromatic rings. The van der Waals surface area contributed by atoms with Crippen molar-refractivity contribution < 1.29 is 9.53 Å². The summed E-state index contributed by atoms with van der Waals surface area (Å²) < 4.78 is 5.31. The van der Waals surface area contributed by atoms with Crippen LogP contribution in [-0.2, 0) is 9.53 Å². The zero-order valence-corrected chi connectivity index (χ0v) is 10.0. The second-order valence-corrected chi connectivity index (χ2v) is 4.36. The van der Waals surface area contributed by atoms with Gasteiger partial charge in [-0.05, 0) is 12.0 Å². The van der Waals surface area contributed by atoms with Crippen LogP contribution in [0.3, 0.4) is 0 Å². The third kappa shape index (κ3) is 2.65. The Morgan fingerprint density at radius 3 is 2.71 bits per heavy atom. The lowest BCUT2D eigenvalue weighted by Crippen LogP contribution is -2.36. The van der Waals surface area contributed by atoms with Crippen molar-refractivity contribution in [1.29, 1.82) is 0 Å². The SMILES string of the molecule is CO[C@H](C(=O)N1CC[C@H](N)C1)c1ccccc1. The summed E-state index contributed by atoms with van der Waals surface area (Å²) in [5, 5.41) is 0. The molecule has 1 heterocycles.